The van der Waals surface area contributed by atoms with E-state index in [9.17, 15) is 4.79 Å². The lowest BCUT2D eigenvalue weighted by Crippen LogP contribution is -2.58. The van der Waals surface area contributed by atoms with Crippen molar-refractivity contribution >= 4 is 11.7 Å². The highest BCUT2D eigenvalue weighted by Gasteiger charge is 2.55. The predicted octanol–water partition coefficient (Wildman–Crippen LogP) is 4.32. The van der Waals surface area contributed by atoms with E-state index in [1.54, 1.807) is 0 Å². The molecular formula is C26H32N4O. The first kappa shape index (κ1) is 19.3. The number of aromatic nitrogens is 2. The van der Waals surface area contributed by atoms with Gasteiger partial charge in [0.1, 0.15) is 11.6 Å². The molecule has 2 aromatic rings. The summed E-state index contributed by atoms with van der Waals surface area (Å²) in [6.07, 6.45) is 7.63. The Morgan fingerprint density at radius 1 is 0.903 bits per heavy atom. The van der Waals surface area contributed by atoms with Gasteiger partial charge >= 0.3 is 0 Å². The lowest BCUT2D eigenvalue weighted by Gasteiger charge is -2.57. The van der Waals surface area contributed by atoms with E-state index in [4.69, 9.17) is 4.98 Å². The van der Waals surface area contributed by atoms with Crippen molar-refractivity contribution < 1.29 is 4.79 Å². The van der Waals surface area contributed by atoms with Crippen molar-refractivity contribution in [1.29, 1.82) is 0 Å². The average Bonchev–Trinajstić information content (AvgIpc) is 2.78. The summed E-state index contributed by atoms with van der Waals surface area (Å²) in [6, 6.07) is 12.4. The number of anilines is 1. The zero-order valence-electron chi connectivity index (χ0n) is 18.5. The quantitative estimate of drug-likeness (QED) is 0.748. The standard InChI is InChI=1S/C26H32N4O/c1-18-27-23(22-5-3-2-4-6-22)14-24(28-18)29-7-9-30(10-8-29)25(31)26-15-19-11-20(16-26)13-21(12-19)17-26/h2-6,14,19-21H,7-13,15-17H2,1H3. The summed E-state index contributed by atoms with van der Waals surface area (Å²) in [4.78, 5) is 27.5. The molecule has 7 rings (SSSR count). The number of amides is 1. The molecule has 0 N–H and O–H groups in total. The topological polar surface area (TPSA) is 49.3 Å². The number of piperazine rings is 1. The van der Waals surface area contributed by atoms with Crippen LogP contribution in [0.4, 0.5) is 5.82 Å². The molecule has 0 atom stereocenters. The van der Waals surface area contributed by atoms with Crippen LogP contribution in [0.15, 0.2) is 36.4 Å². The molecule has 5 nitrogen and oxygen atoms in total. The fourth-order valence-electron chi connectivity index (χ4n) is 7.32. The van der Waals surface area contributed by atoms with E-state index >= 15 is 0 Å². The minimum absolute atomic E-state index is 0.0249. The molecule has 0 spiro atoms. The summed E-state index contributed by atoms with van der Waals surface area (Å²) >= 11 is 0. The van der Waals surface area contributed by atoms with Gasteiger partial charge in [-0.2, -0.15) is 0 Å². The Morgan fingerprint density at radius 3 is 2.13 bits per heavy atom. The van der Waals surface area contributed by atoms with Crippen LogP contribution < -0.4 is 4.90 Å². The fourth-order valence-corrected chi connectivity index (χ4v) is 7.32. The number of hydrogen-bond acceptors (Lipinski definition) is 4. The van der Waals surface area contributed by atoms with Gasteiger partial charge in [-0.25, -0.2) is 9.97 Å². The normalized spacial score (nSPS) is 31.8. The highest BCUT2D eigenvalue weighted by molar-refractivity contribution is 5.83. The average molecular weight is 417 g/mol. The van der Waals surface area contributed by atoms with Crippen molar-refractivity contribution in [3.8, 4) is 11.3 Å². The first-order valence-corrected chi connectivity index (χ1v) is 12.0. The summed E-state index contributed by atoms with van der Waals surface area (Å²) in [5.74, 6) is 4.69. The molecule has 0 unspecified atom stereocenters. The molecule has 0 radical (unpaired) electrons. The van der Waals surface area contributed by atoms with E-state index in [0.717, 1.165) is 86.1 Å². The molecule has 2 heterocycles. The lowest BCUT2D eigenvalue weighted by atomic mass is 9.49. The first-order chi connectivity index (χ1) is 15.1. The van der Waals surface area contributed by atoms with Crippen LogP contribution in [-0.4, -0.2) is 47.0 Å². The van der Waals surface area contributed by atoms with Gasteiger partial charge in [-0.15, -0.1) is 0 Å². The number of aryl methyl sites for hydroxylation is 1. The van der Waals surface area contributed by atoms with Crippen LogP contribution in [0.3, 0.4) is 0 Å². The smallest absolute Gasteiger partial charge is 0.228 e. The van der Waals surface area contributed by atoms with E-state index in [0.29, 0.717) is 5.91 Å². The van der Waals surface area contributed by atoms with Crippen LogP contribution in [0.2, 0.25) is 0 Å². The van der Waals surface area contributed by atoms with Crippen LogP contribution >= 0.6 is 0 Å². The highest BCUT2D eigenvalue weighted by Crippen LogP contribution is 2.60. The van der Waals surface area contributed by atoms with E-state index in [1.165, 1.54) is 19.3 Å². The van der Waals surface area contributed by atoms with Crippen molar-refractivity contribution in [1.82, 2.24) is 14.9 Å². The number of rotatable bonds is 3. The molecule has 31 heavy (non-hydrogen) atoms. The number of carbonyl (C=O) groups excluding carboxylic acids is 1. The van der Waals surface area contributed by atoms with Gasteiger partial charge in [-0.1, -0.05) is 30.3 Å². The van der Waals surface area contributed by atoms with Crippen LogP contribution in [-0.2, 0) is 4.79 Å². The number of hydrogen-bond donors (Lipinski definition) is 0. The maximum absolute atomic E-state index is 13.7. The second kappa shape index (κ2) is 7.32. The number of nitrogens with zero attached hydrogens (tertiary/aromatic N) is 4. The van der Waals surface area contributed by atoms with E-state index in [1.807, 2.05) is 25.1 Å². The lowest BCUT2D eigenvalue weighted by molar-refractivity contribution is -0.158. The molecule has 1 aromatic heterocycles. The molecular weight excluding hydrogens is 384 g/mol. The van der Waals surface area contributed by atoms with Gasteiger partial charge in [0.05, 0.1) is 11.1 Å². The molecule has 4 saturated carbocycles. The Morgan fingerprint density at radius 2 is 1.52 bits per heavy atom. The van der Waals surface area contributed by atoms with Gasteiger partial charge in [-0.05, 0) is 63.2 Å². The molecule has 5 aliphatic rings. The molecule has 1 amide bonds. The van der Waals surface area contributed by atoms with Crippen molar-refractivity contribution in [2.75, 3.05) is 31.1 Å². The Hall–Kier alpha value is -2.43. The van der Waals surface area contributed by atoms with Gasteiger partial charge in [0.25, 0.3) is 0 Å². The molecule has 5 heteroatoms. The molecule has 1 aliphatic heterocycles. The van der Waals surface area contributed by atoms with Gasteiger partial charge in [0.15, 0.2) is 0 Å². The van der Waals surface area contributed by atoms with E-state index < -0.39 is 0 Å². The third-order valence-electron chi connectivity index (χ3n) is 8.28. The Bertz CT molecular complexity index is 945. The highest BCUT2D eigenvalue weighted by atomic mass is 16.2. The van der Waals surface area contributed by atoms with Crippen LogP contribution in [0, 0.1) is 30.1 Å². The van der Waals surface area contributed by atoms with Gasteiger partial charge in [0, 0.05) is 37.8 Å². The van der Waals surface area contributed by atoms with E-state index in [2.05, 4.69) is 33.0 Å². The Labute approximate surface area is 184 Å². The molecule has 1 aromatic carbocycles. The molecule has 4 bridgehead atoms. The summed E-state index contributed by atoms with van der Waals surface area (Å²) in [5, 5.41) is 0. The first-order valence-electron chi connectivity index (χ1n) is 12.0. The van der Waals surface area contributed by atoms with Crippen LogP contribution in [0.1, 0.15) is 44.3 Å². The molecule has 5 fully saturated rings. The minimum Gasteiger partial charge on any atom is -0.353 e. The number of benzene rings is 1. The van der Waals surface area contributed by atoms with Crippen molar-refractivity contribution in [3.05, 3.63) is 42.2 Å². The zero-order valence-corrected chi connectivity index (χ0v) is 18.5. The summed E-state index contributed by atoms with van der Waals surface area (Å²) < 4.78 is 0. The third-order valence-corrected chi connectivity index (χ3v) is 8.28. The maximum atomic E-state index is 13.7. The second-order valence-corrected chi connectivity index (χ2v) is 10.5. The monoisotopic (exact) mass is 416 g/mol. The SMILES string of the molecule is Cc1nc(-c2ccccc2)cc(N2CCN(C(=O)C34CC5CC(CC(C5)C3)C4)CC2)n1. The third kappa shape index (κ3) is 3.42. The largest absolute Gasteiger partial charge is 0.353 e. The molecule has 4 aliphatic carbocycles. The Kier molecular flexibility index (Phi) is 4.55. The van der Waals surface area contributed by atoms with Gasteiger partial charge < -0.3 is 9.80 Å². The predicted molar refractivity (Wildman–Crippen MR) is 122 cm³/mol. The zero-order chi connectivity index (χ0) is 21.0. The van der Waals surface area contributed by atoms with Gasteiger partial charge in [0.2, 0.25) is 5.91 Å². The summed E-state index contributed by atoms with van der Waals surface area (Å²) in [6.45, 7) is 5.28. The van der Waals surface area contributed by atoms with Crippen molar-refractivity contribution in [2.45, 2.75) is 45.4 Å². The minimum atomic E-state index is -0.0249. The maximum Gasteiger partial charge on any atom is 0.228 e. The fraction of sp³-hybridized carbons (Fsp3) is 0.577. The van der Waals surface area contributed by atoms with Crippen LogP contribution in [0.5, 0.6) is 0 Å². The molecule has 1 saturated heterocycles. The number of carbonyl (C=O) groups is 1. The van der Waals surface area contributed by atoms with Crippen molar-refractivity contribution in [3.63, 3.8) is 0 Å². The van der Waals surface area contributed by atoms with Gasteiger partial charge in [-0.3, -0.25) is 4.79 Å². The summed E-state index contributed by atoms with van der Waals surface area (Å²) in [7, 11) is 0. The molecule has 162 valence electrons. The Balaban J connectivity index is 1.16. The van der Waals surface area contributed by atoms with Crippen molar-refractivity contribution in [2.24, 2.45) is 23.2 Å². The van der Waals surface area contributed by atoms with E-state index in [-0.39, 0.29) is 5.41 Å². The van der Waals surface area contributed by atoms with Crippen LogP contribution in [0.25, 0.3) is 11.3 Å². The summed E-state index contributed by atoms with van der Waals surface area (Å²) in [5.41, 5.74) is 2.06. The second-order valence-electron chi connectivity index (χ2n) is 10.5.